The fourth-order valence-electron chi connectivity index (χ4n) is 1.28. The first-order valence-electron chi connectivity index (χ1n) is 5.69. The molecule has 0 saturated carbocycles. The van der Waals surface area contributed by atoms with Crippen molar-refractivity contribution in [2.45, 2.75) is 40.7 Å². The molecule has 0 aliphatic carbocycles. The highest BCUT2D eigenvalue weighted by atomic mass is 16.5. The molecule has 0 aliphatic heterocycles. The standard InChI is InChI=1S/C14H22O2/c1-10-6-7-11(2)12(8-10)16-9-13(15)14(3,4)5/h6-8,13,15H,9H2,1-5H3. The molecule has 1 atom stereocenters. The lowest BCUT2D eigenvalue weighted by Gasteiger charge is -2.26. The predicted molar refractivity (Wildman–Crippen MR) is 66.9 cm³/mol. The Morgan fingerprint density at radius 2 is 1.88 bits per heavy atom. The molecule has 2 nitrogen and oxygen atoms in total. The first-order valence-corrected chi connectivity index (χ1v) is 5.69. The Kier molecular flexibility index (Phi) is 3.98. The highest BCUT2D eigenvalue weighted by Crippen LogP contribution is 2.23. The molecule has 0 spiro atoms. The van der Waals surface area contributed by atoms with Crippen LogP contribution in [0.25, 0.3) is 0 Å². The second-order valence-corrected chi connectivity index (χ2v) is 5.46. The summed E-state index contributed by atoms with van der Waals surface area (Å²) in [6, 6.07) is 6.10. The van der Waals surface area contributed by atoms with Gasteiger partial charge in [0, 0.05) is 0 Å². The lowest BCUT2D eigenvalue weighted by molar-refractivity contribution is 0.0216. The molecule has 0 heterocycles. The molecule has 90 valence electrons. The van der Waals surface area contributed by atoms with Crippen molar-refractivity contribution in [1.82, 2.24) is 0 Å². The number of aliphatic hydroxyl groups is 1. The van der Waals surface area contributed by atoms with Crippen LogP contribution in [0.1, 0.15) is 31.9 Å². The monoisotopic (exact) mass is 222 g/mol. The molecule has 1 N–H and O–H groups in total. The van der Waals surface area contributed by atoms with Crippen LogP contribution >= 0.6 is 0 Å². The van der Waals surface area contributed by atoms with Gasteiger partial charge in [0.2, 0.25) is 0 Å². The summed E-state index contributed by atoms with van der Waals surface area (Å²) in [5, 5.41) is 9.88. The molecule has 1 unspecified atom stereocenters. The third-order valence-electron chi connectivity index (χ3n) is 2.74. The van der Waals surface area contributed by atoms with Crippen molar-refractivity contribution in [2.75, 3.05) is 6.61 Å². The molecule has 0 radical (unpaired) electrons. The Morgan fingerprint density at radius 1 is 1.25 bits per heavy atom. The molecule has 1 rings (SSSR count). The Bertz CT molecular complexity index is 350. The van der Waals surface area contributed by atoms with Crippen molar-refractivity contribution in [2.24, 2.45) is 5.41 Å². The molecular formula is C14H22O2. The van der Waals surface area contributed by atoms with Gasteiger partial charge >= 0.3 is 0 Å². The van der Waals surface area contributed by atoms with E-state index < -0.39 is 6.10 Å². The smallest absolute Gasteiger partial charge is 0.122 e. The Hall–Kier alpha value is -1.02. The van der Waals surface area contributed by atoms with Gasteiger partial charge in [0.05, 0.1) is 6.10 Å². The van der Waals surface area contributed by atoms with Crippen LogP contribution in [-0.2, 0) is 0 Å². The normalized spacial score (nSPS) is 13.6. The SMILES string of the molecule is Cc1ccc(C)c(OCC(O)C(C)(C)C)c1. The largest absolute Gasteiger partial charge is 0.491 e. The molecule has 1 aromatic carbocycles. The minimum Gasteiger partial charge on any atom is -0.491 e. The number of hydrogen-bond acceptors (Lipinski definition) is 2. The fraction of sp³-hybridized carbons (Fsp3) is 0.571. The van der Waals surface area contributed by atoms with Crippen LogP contribution in [0.5, 0.6) is 5.75 Å². The average molecular weight is 222 g/mol. The van der Waals surface area contributed by atoms with Crippen LogP contribution in [0.15, 0.2) is 18.2 Å². The minimum atomic E-state index is -0.451. The molecule has 0 aromatic heterocycles. The van der Waals surface area contributed by atoms with Crippen molar-refractivity contribution in [3.8, 4) is 5.75 Å². The van der Waals surface area contributed by atoms with Gasteiger partial charge in [0.25, 0.3) is 0 Å². The second-order valence-electron chi connectivity index (χ2n) is 5.46. The van der Waals surface area contributed by atoms with Gasteiger partial charge in [-0.25, -0.2) is 0 Å². The molecule has 0 aliphatic rings. The Labute approximate surface area is 98.3 Å². The van der Waals surface area contributed by atoms with E-state index >= 15 is 0 Å². The van der Waals surface area contributed by atoms with Gasteiger partial charge in [-0.05, 0) is 36.5 Å². The second kappa shape index (κ2) is 4.88. The lowest BCUT2D eigenvalue weighted by atomic mass is 9.90. The van der Waals surface area contributed by atoms with Crippen LogP contribution in [0.2, 0.25) is 0 Å². The van der Waals surface area contributed by atoms with Crippen LogP contribution in [0.4, 0.5) is 0 Å². The molecule has 0 saturated heterocycles. The van der Waals surface area contributed by atoms with Crippen molar-refractivity contribution in [3.63, 3.8) is 0 Å². The zero-order valence-corrected chi connectivity index (χ0v) is 10.9. The summed E-state index contributed by atoms with van der Waals surface area (Å²) in [5.74, 6) is 0.864. The maximum absolute atomic E-state index is 9.88. The number of hydrogen-bond donors (Lipinski definition) is 1. The zero-order valence-electron chi connectivity index (χ0n) is 10.9. The summed E-state index contributed by atoms with van der Waals surface area (Å²) in [5.41, 5.74) is 2.13. The van der Waals surface area contributed by atoms with E-state index in [4.69, 9.17) is 4.74 Å². The van der Waals surface area contributed by atoms with E-state index in [1.807, 2.05) is 46.8 Å². The number of aryl methyl sites for hydroxylation is 2. The molecule has 0 bridgehead atoms. The summed E-state index contributed by atoms with van der Waals surface area (Å²) < 4.78 is 5.66. The first-order chi connectivity index (χ1) is 7.30. The van der Waals surface area contributed by atoms with Crippen LogP contribution < -0.4 is 4.74 Å². The van der Waals surface area contributed by atoms with Gasteiger partial charge in [-0.2, -0.15) is 0 Å². The molecule has 1 aromatic rings. The predicted octanol–water partition coefficient (Wildman–Crippen LogP) is 3.09. The summed E-state index contributed by atoms with van der Waals surface area (Å²) in [4.78, 5) is 0. The third kappa shape index (κ3) is 3.53. The van der Waals surface area contributed by atoms with Gasteiger partial charge in [0.1, 0.15) is 12.4 Å². The van der Waals surface area contributed by atoms with E-state index in [-0.39, 0.29) is 5.41 Å². The van der Waals surface area contributed by atoms with E-state index in [2.05, 4.69) is 6.07 Å². The van der Waals surface area contributed by atoms with E-state index in [0.717, 1.165) is 11.3 Å². The first kappa shape index (κ1) is 13.0. The Morgan fingerprint density at radius 3 is 2.44 bits per heavy atom. The molecule has 0 amide bonds. The maximum atomic E-state index is 9.88. The molecule has 0 fully saturated rings. The lowest BCUT2D eigenvalue weighted by Crippen LogP contribution is -2.32. The number of ether oxygens (including phenoxy) is 1. The van der Waals surface area contributed by atoms with Crippen molar-refractivity contribution < 1.29 is 9.84 Å². The average Bonchev–Trinajstić information content (AvgIpc) is 2.17. The minimum absolute atomic E-state index is 0.141. The summed E-state index contributed by atoms with van der Waals surface area (Å²) in [6.45, 7) is 10.4. The fourth-order valence-corrected chi connectivity index (χ4v) is 1.28. The van der Waals surface area contributed by atoms with E-state index in [0.29, 0.717) is 6.61 Å². The van der Waals surface area contributed by atoms with Gasteiger partial charge in [-0.3, -0.25) is 0 Å². The van der Waals surface area contributed by atoms with E-state index in [1.165, 1.54) is 5.56 Å². The van der Waals surface area contributed by atoms with Gasteiger partial charge in [-0.1, -0.05) is 32.9 Å². The topological polar surface area (TPSA) is 29.5 Å². The van der Waals surface area contributed by atoms with Crippen molar-refractivity contribution >= 4 is 0 Å². The van der Waals surface area contributed by atoms with Crippen LogP contribution in [-0.4, -0.2) is 17.8 Å². The van der Waals surface area contributed by atoms with E-state index in [9.17, 15) is 5.11 Å². The number of benzene rings is 1. The van der Waals surface area contributed by atoms with Crippen LogP contribution in [0.3, 0.4) is 0 Å². The van der Waals surface area contributed by atoms with Crippen LogP contribution in [0, 0.1) is 19.3 Å². The summed E-state index contributed by atoms with van der Waals surface area (Å²) >= 11 is 0. The van der Waals surface area contributed by atoms with Gasteiger partial charge in [-0.15, -0.1) is 0 Å². The van der Waals surface area contributed by atoms with Gasteiger partial charge in [0.15, 0.2) is 0 Å². The quantitative estimate of drug-likeness (QED) is 0.851. The molecule has 16 heavy (non-hydrogen) atoms. The highest BCUT2D eigenvalue weighted by molar-refractivity contribution is 5.35. The molecular weight excluding hydrogens is 200 g/mol. The Balaban J connectivity index is 2.64. The summed E-state index contributed by atoms with van der Waals surface area (Å²) in [7, 11) is 0. The maximum Gasteiger partial charge on any atom is 0.122 e. The zero-order chi connectivity index (χ0) is 12.3. The molecule has 2 heteroatoms. The van der Waals surface area contributed by atoms with Crippen molar-refractivity contribution in [3.05, 3.63) is 29.3 Å². The van der Waals surface area contributed by atoms with Crippen molar-refractivity contribution in [1.29, 1.82) is 0 Å². The van der Waals surface area contributed by atoms with E-state index in [1.54, 1.807) is 0 Å². The number of aliphatic hydroxyl groups excluding tert-OH is 1. The van der Waals surface area contributed by atoms with Gasteiger partial charge < -0.3 is 9.84 Å². The summed E-state index contributed by atoms with van der Waals surface area (Å²) in [6.07, 6.45) is -0.451. The third-order valence-corrected chi connectivity index (χ3v) is 2.74. The number of rotatable bonds is 3. The highest BCUT2D eigenvalue weighted by Gasteiger charge is 2.22.